The van der Waals surface area contributed by atoms with Crippen LogP contribution in [0.4, 0.5) is 0 Å². The van der Waals surface area contributed by atoms with Crippen LogP contribution in [0.15, 0.2) is 0 Å². The average molecular weight is 453 g/mol. The lowest BCUT2D eigenvalue weighted by molar-refractivity contribution is -0.141. The zero-order chi connectivity index (χ0) is 22.7. The third-order valence-electron chi connectivity index (χ3n) is 3.38. The maximum Gasteiger partial charge on any atom is 0.327 e. The number of rotatable bonds is 13. The van der Waals surface area contributed by atoms with Crippen molar-refractivity contribution < 1.29 is 39.0 Å². The number of nitrogens with two attached hydrogens (primary N) is 2. The van der Waals surface area contributed by atoms with Gasteiger partial charge in [0.2, 0.25) is 23.6 Å². The van der Waals surface area contributed by atoms with Gasteiger partial charge >= 0.3 is 11.9 Å². The van der Waals surface area contributed by atoms with Crippen molar-refractivity contribution in [3.05, 3.63) is 0 Å². The zero-order valence-corrected chi connectivity index (χ0v) is 16.8. The van der Waals surface area contributed by atoms with Crippen molar-refractivity contribution in [3.8, 4) is 0 Å². The third-order valence-corrected chi connectivity index (χ3v) is 4.11. The Bertz CT molecular complexity index is 662. The summed E-state index contributed by atoms with van der Waals surface area (Å²) in [4.78, 5) is 69.2. The van der Waals surface area contributed by atoms with Gasteiger partial charge in [0.05, 0.1) is 18.9 Å². The Kier molecular flexibility index (Phi) is 11.7. The quantitative estimate of drug-likeness (QED) is 0.124. The summed E-state index contributed by atoms with van der Waals surface area (Å²) < 4.78 is 0. The van der Waals surface area contributed by atoms with Gasteiger partial charge in [-0.05, 0) is 0 Å². The number of primary amides is 1. The molecule has 0 aliphatic carbocycles. The number of hydrogen-bond donors (Lipinski definition) is 9. The lowest BCUT2D eigenvalue weighted by Crippen LogP contribution is -2.58. The first kappa shape index (κ1) is 26.5. The summed E-state index contributed by atoms with van der Waals surface area (Å²) in [6, 6.07) is -5.67. The molecule has 0 aromatic carbocycles. The number of thiol groups is 2. The van der Waals surface area contributed by atoms with Crippen LogP contribution in [-0.4, -0.2) is 81.5 Å². The number of nitrogens with one attached hydrogen (secondary N) is 3. The molecule has 164 valence electrons. The Balaban J connectivity index is 5.19. The average Bonchev–Trinajstić information content (AvgIpc) is 2.61. The SMILES string of the molecule is NC(=O)CC(NC(=O)C(CS)NC(=O)C(N)CC(=O)O)C(=O)NC(CS)C(=O)O. The number of aliphatic carboxylic acids is 2. The highest BCUT2D eigenvalue weighted by molar-refractivity contribution is 7.80. The van der Waals surface area contributed by atoms with Crippen molar-refractivity contribution in [1.29, 1.82) is 0 Å². The van der Waals surface area contributed by atoms with Gasteiger partial charge in [-0.25, -0.2) is 4.79 Å². The van der Waals surface area contributed by atoms with Crippen LogP contribution in [0, 0.1) is 0 Å². The van der Waals surface area contributed by atoms with Crippen LogP contribution in [0.25, 0.3) is 0 Å². The van der Waals surface area contributed by atoms with E-state index in [0.29, 0.717) is 0 Å². The van der Waals surface area contributed by atoms with E-state index in [1.807, 2.05) is 0 Å². The molecule has 0 bridgehead atoms. The Labute approximate surface area is 176 Å². The van der Waals surface area contributed by atoms with E-state index in [1.54, 1.807) is 0 Å². The van der Waals surface area contributed by atoms with Gasteiger partial charge in [0.15, 0.2) is 0 Å². The van der Waals surface area contributed by atoms with Crippen molar-refractivity contribution in [2.45, 2.75) is 37.0 Å². The number of hydrogen-bond acceptors (Lipinski definition) is 9. The largest absolute Gasteiger partial charge is 0.481 e. The molecule has 0 spiro atoms. The summed E-state index contributed by atoms with van der Waals surface area (Å²) in [7, 11) is 0. The molecule has 4 amide bonds. The molecule has 9 N–H and O–H groups in total. The van der Waals surface area contributed by atoms with E-state index in [2.05, 4.69) is 41.2 Å². The monoisotopic (exact) mass is 453 g/mol. The van der Waals surface area contributed by atoms with Crippen LogP contribution in [0.2, 0.25) is 0 Å². The topological polar surface area (TPSA) is 231 Å². The smallest absolute Gasteiger partial charge is 0.327 e. The van der Waals surface area contributed by atoms with E-state index in [9.17, 15) is 28.8 Å². The van der Waals surface area contributed by atoms with Gasteiger partial charge < -0.3 is 37.6 Å². The van der Waals surface area contributed by atoms with Gasteiger partial charge in [-0.15, -0.1) is 0 Å². The maximum atomic E-state index is 12.3. The molecule has 0 aliphatic heterocycles. The summed E-state index contributed by atoms with van der Waals surface area (Å²) in [6.45, 7) is 0. The Hall–Kier alpha value is -2.52. The van der Waals surface area contributed by atoms with Crippen LogP contribution >= 0.6 is 25.3 Å². The summed E-state index contributed by atoms with van der Waals surface area (Å²) in [5, 5.41) is 24.0. The number of carbonyl (C=O) groups excluding carboxylic acids is 4. The number of carboxylic acids is 2. The van der Waals surface area contributed by atoms with Crippen molar-refractivity contribution in [1.82, 2.24) is 16.0 Å². The van der Waals surface area contributed by atoms with Crippen LogP contribution in [-0.2, 0) is 28.8 Å². The van der Waals surface area contributed by atoms with E-state index >= 15 is 0 Å². The van der Waals surface area contributed by atoms with Gasteiger partial charge in [0.1, 0.15) is 18.1 Å². The van der Waals surface area contributed by atoms with Crippen molar-refractivity contribution in [2.75, 3.05) is 11.5 Å². The Morgan fingerprint density at radius 2 is 1.21 bits per heavy atom. The molecular formula is C14H23N5O8S2. The summed E-state index contributed by atoms with van der Waals surface area (Å²) in [5.74, 6) is -7.08. The highest BCUT2D eigenvalue weighted by atomic mass is 32.1. The van der Waals surface area contributed by atoms with Crippen molar-refractivity contribution in [2.24, 2.45) is 11.5 Å². The highest BCUT2D eigenvalue weighted by Gasteiger charge is 2.30. The predicted octanol–water partition coefficient (Wildman–Crippen LogP) is -3.94. The minimum atomic E-state index is -1.53. The molecule has 29 heavy (non-hydrogen) atoms. The number of carboxylic acid groups (broad SMARTS) is 2. The molecule has 4 atom stereocenters. The predicted molar refractivity (Wildman–Crippen MR) is 105 cm³/mol. The molecule has 0 aromatic heterocycles. The zero-order valence-electron chi connectivity index (χ0n) is 15.0. The molecule has 0 radical (unpaired) electrons. The maximum absolute atomic E-state index is 12.3. The van der Waals surface area contributed by atoms with Crippen molar-refractivity contribution >= 4 is 60.8 Å². The van der Waals surface area contributed by atoms with E-state index in [1.165, 1.54) is 0 Å². The first-order chi connectivity index (χ1) is 13.4. The van der Waals surface area contributed by atoms with E-state index in [0.717, 1.165) is 0 Å². The van der Waals surface area contributed by atoms with Gasteiger partial charge in [-0.2, -0.15) is 25.3 Å². The summed E-state index contributed by atoms with van der Waals surface area (Å²) in [5.41, 5.74) is 10.4. The lowest BCUT2D eigenvalue weighted by Gasteiger charge is -2.23. The second kappa shape index (κ2) is 12.8. The second-order valence-corrected chi connectivity index (χ2v) is 6.49. The molecular weight excluding hydrogens is 430 g/mol. The fourth-order valence-corrected chi connectivity index (χ4v) is 2.40. The summed E-state index contributed by atoms with van der Waals surface area (Å²) in [6.07, 6.45) is -1.33. The van der Waals surface area contributed by atoms with Crippen LogP contribution in [0.5, 0.6) is 0 Å². The van der Waals surface area contributed by atoms with Gasteiger partial charge in [-0.3, -0.25) is 24.0 Å². The molecule has 0 aromatic rings. The van der Waals surface area contributed by atoms with Crippen LogP contribution < -0.4 is 27.4 Å². The first-order valence-electron chi connectivity index (χ1n) is 8.04. The minimum Gasteiger partial charge on any atom is -0.481 e. The van der Waals surface area contributed by atoms with E-state index < -0.39 is 72.6 Å². The van der Waals surface area contributed by atoms with Gasteiger partial charge in [0, 0.05) is 11.5 Å². The van der Waals surface area contributed by atoms with Crippen LogP contribution in [0.1, 0.15) is 12.8 Å². The molecule has 13 nitrogen and oxygen atoms in total. The summed E-state index contributed by atoms with van der Waals surface area (Å²) >= 11 is 7.68. The molecule has 0 fully saturated rings. The Morgan fingerprint density at radius 1 is 0.759 bits per heavy atom. The Morgan fingerprint density at radius 3 is 1.62 bits per heavy atom. The van der Waals surface area contributed by atoms with Gasteiger partial charge in [-0.1, -0.05) is 0 Å². The molecule has 0 heterocycles. The number of carbonyl (C=O) groups is 6. The molecule has 0 aliphatic rings. The number of amides is 4. The van der Waals surface area contributed by atoms with Gasteiger partial charge in [0.25, 0.3) is 0 Å². The standard InChI is InChI=1S/C14H23N5O8S2/c15-5(1-10(21)22)11(23)18-7(3-28)13(25)17-6(2-9(16)20)12(24)19-8(4-29)14(26)27/h5-8,28-29H,1-4,15H2,(H2,16,20)(H,17,25)(H,18,23)(H,19,24)(H,21,22)(H,26,27). The van der Waals surface area contributed by atoms with Crippen LogP contribution in [0.3, 0.4) is 0 Å². The molecule has 4 unspecified atom stereocenters. The van der Waals surface area contributed by atoms with E-state index in [4.69, 9.17) is 21.7 Å². The highest BCUT2D eigenvalue weighted by Crippen LogP contribution is 1.99. The van der Waals surface area contributed by atoms with E-state index in [-0.39, 0.29) is 11.5 Å². The second-order valence-electron chi connectivity index (χ2n) is 5.76. The molecule has 0 saturated heterocycles. The normalized spacial score (nSPS) is 14.6. The molecule has 0 rings (SSSR count). The molecule has 15 heteroatoms. The fourth-order valence-electron chi connectivity index (χ4n) is 1.89. The minimum absolute atomic E-state index is 0.253. The lowest BCUT2D eigenvalue weighted by atomic mass is 10.1. The molecule has 0 saturated carbocycles. The third kappa shape index (κ3) is 10.00. The fraction of sp³-hybridized carbons (Fsp3) is 0.571. The first-order valence-corrected chi connectivity index (χ1v) is 9.30. The van der Waals surface area contributed by atoms with Crippen molar-refractivity contribution in [3.63, 3.8) is 0 Å².